The molecule has 66 valence electrons. The molecule has 0 unspecified atom stereocenters. The fraction of sp³-hybridized carbons (Fsp3) is 0.500. The molecule has 0 aliphatic carbocycles. The number of ether oxygens (including phenoxy) is 1. The van der Waals surface area contributed by atoms with Crippen LogP contribution in [0.25, 0.3) is 0 Å². The lowest BCUT2D eigenvalue weighted by atomic mass is 10.9. The van der Waals surface area contributed by atoms with E-state index in [1.165, 1.54) is 11.8 Å². The SMILES string of the molecule is COCCSc1cnnc(Cl)n1. The third kappa shape index (κ3) is 3.34. The van der Waals surface area contributed by atoms with Gasteiger partial charge in [0.05, 0.1) is 12.8 Å². The van der Waals surface area contributed by atoms with E-state index in [1.54, 1.807) is 13.3 Å². The lowest BCUT2D eigenvalue weighted by Gasteiger charge is -1.97. The summed E-state index contributed by atoms with van der Waals surface area (Å²) >= 11 is 7.06. The fourth-order valence-electron chi connectivity index (χ4n) is 0.567. The molecular weight excluding hydrogens is 198 g/mol. The maximum Gasteiger partial charge on any atom is 0.244 e. The van der Waals surface area contributed by atoms with Crippen molar-refractivity contribution in [2.24, 2.45) is 0 Å². The van der Waals surface area contributed by atoms with E-state index >= 15 is 0 Å². The Kier molecular flexibility index (Phi) is 4.27. The molecule has 0 bridgehead atoms. The van der Waals surface area contributed by atoms with Gasteiger partial charge in [-0.15, -0.1) is 16.9 Å². The minimum absolute atomic E-state index is 0.178. The molecule has 1 aromatic rings. The third-order valence-corrected chi connectivity index (χ3v) is 2.07. The first-order valence-electron chi connectivity index (χ1n) is 3.30. The van der Waals surface area contributed by atoms with Crippen LogP contribution in [0.3, 0.4) is 0 Å². The predicted octanol–water partition coefficient (Wildman–Crippen LogP) is 1.26. The predicted molar refractivity (Wildman–Crippen MR) is 47.4 cm³/mol. The van der Waals surface area contributed by atoms with Gasteiger partial charge in [-0.1, -0.05) is 0 Å². The van der Waals surface area contributed by atoms with Crippen LogP contribution >= 0.6 is 23.4 Å². The van der Waals surface area contributed by atoms with Crippen LogP contribution in [0.15, 0.2) is 11.2 Å². The van der Waals surface area contributed by atoms with Crippen LogP contribution in [0.1, 0.15) is 0 Å². The summed E-state index contributed by atoms with van der Waals surface area (Å²) in [4.78, 5) is 3.94. The molecule has 0 aliphatic rings. The number of hydrogen-bond acceptors (Lipinski definition) is 5. The van der Waals surface area contributed by atoms with Crippen molar-refractivity contribution in [2.45, 2.75) is 5.03 Å². The minimum atomic E-state index is 0.178. The third-order valence-electron chi connectivity index (χ3n) is 1.05. The molecule has 6 heteroatoms. The van der Waals surface area contributed by atoms with Crippen LogP contribution in [-0.4, -0.2) is 34.7 Å². The van der Waals surface area contributed by atoms with Crippen molar-refractivity contribution < 1.29 is 4.74 Å². The highest BCUT2D eigenvalue weighted by Crippen LogP contribution is 2.13. The van der Waals surface area contributed by atoms with Crippen LogP contribution in [0.2, 0.25) is 5.28 Å². The van der Waals surface area contributed by atoms with E-state index < -0.39 is 0 Å². The van der Waals surface area contributed by atoms with Gasteiger partial charge >= 0.3 is 0 Å². The normalized spacial score (nSPS) is 10.2. The molecule has 4 nitrogen and oxygen atoms in total. The van der Waals surface area contributed by atoms with Gasteiger partial charge in [-0.05, 0) is 11.6 Å². The Bertz CT molecular complexity index is 248. The maximum absolute atomic E-state index is 5.53. The summed E-state index contributed by atoms with van der Waals surface area (Å²) in [5.41, 5.74) is 0. The molecule has 0 aliphatic heterocycles. The van der Waals surface area contributed by atoms with Gasteiger partial charge in [0.2, 0.25) is 5.28 Å². The quantitative estimate of drug-likeness (QED) is 0.547. The molecule has 0 saturated heterocycles. The number of halogens is 1. The summed E-state index contributed by atoms with van der Waals surface area (Å²) in [5, 5.41) is 8.13. The van der Waals surface area contributed by atoms with Crippen molar-refractivity contribution in [3.8, 4) is 0 Å². The second kappa shape index (κ2) is 5.29. The van der Waals surface area contributed by atoms with E-state index in [0.717, 1.165) is 10.8 Å². The van der Waals surface area contributed by atoms with Gasteiger partial charge < -0.3 is 4.74 Å². The number of methoxy groups -OCH3 is 1. The molecular formula is C6H8ClN3OS. The number of nitrogens with zero attached hydrogens (tertiary/aromatic N) is 3. The van der Waals surface area contributed by atoms with Gasteiger partial charge in [-0.2, -0.15) is 5.10 Å². The van der Waals surface area contributed by atoms with Crippen LogP contribution in [0.5, 0.6) is 0 Å². The van der Waals surface area contributed by atoms with Crippen molar-refractivity contribution in [3.63, 3.8) is 0 Å². The van der Waals surface area contributed by atoms with E-state index in [1.807, 2.05) is 0 Å². The molecule has 0 fully saturated rings. The number of hydrogen-bond donors (Lipinski definition) is 0. The Hall–Kier alpha value is -0.390. The highest BCUT2D eigenvalue weighted by atomic mass is 35.5. The Morgan fingerprint density at radius 2 is 2.50 bits per heavy atom. The second-order valence-electron chi connectivity index (χ2n) is 1.90. The van der Waals surface area contributed by atoms with Crippen LogP contribution in [0, 0.1) is 0 Å². The van der Waals surface area contributed by atoms with Gasteiger partial charge in [-0.25, -0.2) is 4.98 Å². The zero-order valence-corrected chi connectivity index (χ0v) is 8.10. The smallest absolute Gasteiger partial charge is 0.244 e. The minimum Gasteiger partial charge on any atom is -0.384 e. The standard InChI is InChI=1S/C6H8ClN3OS/c1-11-2-3-12-5-4-8-10-6(7)9-5/h4H,2-3H2,1H3. The van der Waals surface area contributed by atoms with E-state index in [9.17, 15) is 0 Å². The highest BCUT2D eigenvalue weighted by Gasteiger charge is 1.97. The van der Waals surface area contributed by atoms with Crippen LogP contribution in [-0.2, 0) is 4.74 Å². The highest BCUT2D eigenvalue weighted by molar-refractivity contribution is 7.99. The summed E-state index contributed by atoms with van der Waals surface area (Å²) in [7, 11) is 1.66. The number of aromatic nitrogens is 3. The molecule has 0 atom stereocenters. The average molecular weight is 206 g/mol. The first-order chi connectivity index (χ1) is 5.83. The zero-order chi connectivity index (χ0) is 8.81. The van der Waals surface area contributed by atoms with Crippen molar-refractivity contribution in [1.29, 1.82) is 0 Å². The molecule has 0 spiro atoms. The molecule has 0 amide bonds. The molecule has 0 N–H and O–H groups in total. The lowest BCUT2D eigenvalue weighted by Crippen LogP contribution is -1.94. The second-order valence-corrected chi connectivity index (χ2v) is 3.36. The first kappa shape index (κ1) is 9.70. The van der Waals surface area contributed by atoms with Crippen molar-refractivity contribution in [2.75, 3.05) is 19.5 Å². The maximum atomic E-state index is 5.53. The molecule has 1 rings (SSSR count). The Morgan fingerprint density at radius 3 is 3.17 bits per heavy atom. The number of thioether (sulfide) groups is 1. The monoisotopic (exact) mass is 205 g/mol. The Labute approximate surface area is 79.7 Å². The summed E-state index contributed by atoms with van der Waals surface area (Å²) in [6, 6.07) is 0. The van der Waals surface area contributed by atoms with Gasteiger partial charge in [0, 0.05) is 12.9 Å². The molecule has 0 radical (unpaired) electrons. The van der Waals surface area contributed by atoms with Crippen molar-refractivity contribution in [1.82, 2.24) is 15.2 Å². The summed E-state index contributed by atoms with van der Waals surface area (Å²) in [6.07, 6.45) is 1.58. The van der Waals surface area contributed by atoms with Crippen molar-refractivity contribution in [3.05, 3.63) is 11.5 Å². The van der Waals surface area contributed by atoms with E-state index in [-0.39, 0.29) is 5.28 Å². The molecule has 12 heavy (non-hydrogen) atoms. The first-order valence-corrected chi connectivity index (χ1v) is 4.66. The van der Waals surface area contributed by atoms with Gasteiger partial charge in [0.1, 0.15) is 5.03 Å². The fourth-order valence-corrected chi connectivity index (χ4v) is 1.48. The van der Waals surface area contributed by atoms with Gasteiger partial charge in [0.15, 0.2) is 0 Å². The van der Waals surface area contributed by atoms with E-state index in [4.69, 9.17) is 16.3 Å². The number of rotatable bonds is 4. The average Bonchev–Trinajstić information content (AvgIpc) is 2.05. The molecule has 1 aromatic heterocycles. The summed E-state index contributed by atoms with van der Waals surface area (Å²) in [5.74, 6) is 0.839. The molecule has 0 aromatic carbocycles. The largest absolute Gasteiger partial charge is 0.384 e. The molecule has 1 heterocycles. The Morgan fingerprint density at radius 1 is 1.67 bits per heavy atom. The van der Waals surface area contributed by atoms with Crippen LogP contribution < -0.4 is 0 Å². The summed E-state index contributed by atoms with van der Waals surface area (Å²) in [6.45, 7) is 0.687. The summed E-state index contributed by atoms with van der Waals surface area (Å²) < 4.78 is 4.88. The van der Waals surface area contributed by atoms with Crippen LogP contribution in [0.4, 0.5) is 0 Å². The molecule has 0 saturated carbocycles. The van der Waals surface area contributed by atoms with E-state index in [0.29, 0.717) is 6.61 Å². The van der Waals surface area contributed by atoms with Crippen molar-refractivity contribution >= 4 is 23.4 Å². The van der Waals surface area contributed by atoms with Gasteiger partial charge in [0.25, 0.3) is 0 Å². The lowest BCUT2D eigenvalue weighted by molar-refractivity contribution is 0.218. The zero-order valence-electron chi connectivity index (χ0n) is 6.53. The Balaban J connectivity index is 2.41. The topological polar surface area (TPSA) is 47.9 Å². The van der Waals surface area contributed by atoms with Gasteiger partial charge in [-0.3, -0.25) is 0 Å². The van der Waals surface area contributed by atoms with E-state index in [2.05, 4.69) is 15.2 Å².